The first kappa shape index (κ1) is 17.0. The largest absolute Gasteiger partial charge is 0.493 e. The summed E-state index contributed by atoms with van der Waals surface area (Å²) in [4.78, 5) is 8.73. The Morgan fingerprint density at radius 2 is 1.93 bits per heavy atom. The van der Waals surface area contributed by atoms with Crippen LogP contribution in [0.4, 0.5) is 0 Å². The van der Waals surface area contributed by atoms with Crippen molar-refractivity contribution in [3.05, 3.63) is 54.9 Å². The molecule has 2 heterocycles. The third kappa shape index (κ3) is 3.33. The smallest absolute Gasteiger partial charge is 0.258 e. The topological polar surface area (TPSA) is 70.3 Å². The minimum Gasteiger partial charge on any atom is -0.493 e. The highest BCUT2D eigenvalue weighted by atomic mass is 16.5. The number of fused-ring (bicyclic) bond motifs is 1. The summed E-state index contributed by atoms with van der Waals surface area (Å²) >= 11 is 0. The van der Waals surface area contributed by atoms with Crippen LogP contribution in [0.15, 0.2) is 59.4 Å². The van der Waals surface area contributed by atoms with Crippen LogP contribution < -0.4 is 9.47 Å². The number of nitrogens with zero attached hydrogens (tertiary/aromatic N) is 3. The quantitative estimate of drug-likeness (QED) is 0.511. The lowest BCUT2D eigenvalue weighted by Crippen LogP contribution is -2.06. The standard InChI is InChI=1S/C21H19N3O3/c1-13(2)26-18-8-7-14(11-19(18)25-3)21-23-20(24-27-21)17-6-4-5-15-12-22-10-9-16(15)17/h4-13H,1-3H3. The second kappa shape index (κ2) is 7.07. The molecule has 0 N–H and O–H groups in total. The van der Waals surface area contributed by atoms with Crippen molar-refractivity contribution < 1.29 is 14.0 Å². The zero-order valence-electron chi connectivity index (χ0n) is 15.3. The first-order valence-corrected chi connectivity index (χ1v) is 8.67. The van der Waals surface area contributed by atoms with Crippen LogP contribution in [-0.2, 0) is 0 Å². The molecule has 4 rings (SSSR count). The van der Waals surface area contributed by atoms with Gasteiger partial charge in [-0.1, -0.05) is 23.4 Å². The zero-order valence-corrected chi connectivity index (χ0v) is 15.3. The van der Waals surface area contributed by atoms with Gasteiger partial charge in [-0.05, 0) is 43.5 Å². The van der Waals surface area contributed by atoms with Crippen molar-refractivity contribution in [1.29, 1.82) is 0 Å². The molecule has 0 aliphatic heterocycles. The molecule has 0 aliphatic rings. The van der Waals surface area contributed by atoms with Crippen molar-refractivity contribution in [2.24, 2.45) is 0 Å². The number of hydrogen-bond donors (Lipinski definition) is 0. The van der Waals surface area contributed by atoms with Gasteiger partial charge in [0, 0.05) is 28.9 Å². The summed E-state index contributed by atoms with van der Waals surface area (Å²) in [6.45, 7) is 3.94. The molecule has 0 unspecified atom stereocenters. The molecule has 4 aromatic rings. The average molecular weight is 361 g/mol. The van der Waals surface area contributed by atoms with Gasteiger partial charge in [-0.25, -0.2) is 0 Å². The van der Waals surface area contributed by atoms with Gasteiger partial charge in [0.15, 0.2) is 11.5 Å². The molecule has 6 heteroatoms. The van der Waals surface area contributed by atoms with Gasteiger partial charge in [0.25, 0.3) is 5.89 Å². The summed E-state index contributed by atoms with van der Waals surface area (Å²) in [6, 6.07) is 13.4. The Labute approximate surface area is 156 Å². The van der Waals surface area contributed by atoms with E-state index in [2.05, 4.69) is 15.1 Å². The van der Waals surface area contributed by atoms with Gasteiger partial charge in [-0.15, -0.1) is 0 Å². The zero-order chi connectivity index (χ0) is 18.8. The van der Waals surface area contributed by atoms with Crippen LogP contribution >= 0.6 is 0 Å². The van der Waals surface area contributed by atoms with E-state index in [-0.39, 0.29) is 6.10 Å². The third-order valence-electron chi connectivity index (χ3n) is 4.12. The van der Waals surface area contributed by atoms with Crippen molar-refractivity contribution in [2.45, 2.75) is 20.0 Å². The van der Waals surface area contributed by atoms with Gasteiger partial charge in [0.1, 0.15) is 0 Å². The molecule has 0 radical (unpaired) electrons. The van der Waals surface area contributed by atoms with Crippen LogP contribution in [-0.4, -0.2) is 28.3 Å². The van der Waals surface area contributed by atoms with E-state index < -0.39 is 0 Å². The molecule has 2 aromatic carbocycles. The second-order valence-corrected chi connectivity index (χ2v) is 6.36. The van der Waals surface area contributed by atoms with Gasteiger partial charge in [0.05, 0.1) is 13.2 Å². The predicted molar refractivity (Wildman–Crippen MR) is 103 cm³/mol. The maximum atomic E-state index is 5.75. The van der Waals surface area contributed by atoms with Gasteiger partial charge in [-0.3, -0.25) is 4.98 Å². The Kier molecular flexibility index (Phi) is 4.46. The highest BCUT2D eigenvalue weighted by Crippen LogP contribution is 2.34. The lowest BCUT2D eigenvalue weighted by atomic mass is 10.1. The predicted octanol–water partition coefficient (Wildman–Crippen LogP) is 4.75. The van der Waals surface area contributed by atoms with E-state index in [9.17, 15) is 0 Å². The number of ether oxygens (including phenoxy) is 2. The van der Waals surface area contributed by atoms with Crippen molar-refractivity contribution in [2.75, 3.05) is 7.11 Å². The molecule has 0 atom stereocenters. The molecule has 0 saturated carbocycles. The summed E-state index contributed by atoms with van der Waals surface area (Å²) < 4.78 is 16.7. The van der Waals surface area contributed by atoms with E-state index in [0.717, 1.165) is 21.9 Å². The molecule has 2 aromatic heterocycles. The van der Waals surface area contributed by atoms with E-state index in [4.69, 9.17) is 14.0 Å². The van der Waals surface area contributed by atoms with Crippen LogP contribution in [0.1, 0.15) is 13.8 Å². The number of methoxy groups -OCH3 is 1. The van der Waals surface area contributed by atoms with Crippen LogP contribution in [0, 0.1) is 0 Å². The lowest BCUT2D eigenvalue weighted by molar-refractivity contribution is 0.230. The Balaban J connectivity index is 1.72. The fourth-order valence-corrected chi connectivity index (χ4v) is 2.92. The monoisotopic (exact) mass is 361 g/mol. The molecule has 0 amide bonds. The average Bonchev–Trinajstić information content (AvgIpc) is 3.17. The Morgan fingerprint density at radius 3 is 2.74 bits per heavy atom. The van der Waals surface area contributed by atoms with Gasteiger partial charge >= 0.3 is 0 Å². The van der Waals surface area contributed by atoms with E-state index in [1.54, 1.807) is 13.3 Å². The lowest BCUT2D eigenvalue weighted by Gasteiger charge is -2.13. The Morgan fingerprint density at radius 1 is 1.04 bits per heavy atom. The molecule has 27 heavy (non-hydrogen) atoms. The van der Waals surface area contributed by atoms with E-state index >= 15 is 0 Å². The molecule has 0 saturated heterocycles. The normalized spacial score (nSPS) is 11.1. The fraction of sp³-hybridized carbons (Fsp3) is 0.190. The second-order valence-electron chi connectivity index (χ2n) is 6.36. The van der Waals surface area contributed by atoms with Gasteiger partial charge in [-0.2, -0.15) is 4.98 Å². The molecule has 0 fully saturated rings. The SMILES string of the molecule is COc1cc(-c2nc(-c3cccc4cnccc34)no2)ccc1OC(C)C. The Bertz CT molecular complexity index is 1080. The number of rotatable bonds is 5. The third-order valence-corrected chi connectivity index (χ3v) is 4.12. The molecule has 0 bridgehead atoms. The minimum atomic E-state index is 0.0561. The van der Waals surface area contributed by atoms with E-state index in [1.807, 2.05) is 62.5 Å². The van der Waals surface area contributed by atoms with E-state index in [0.29, 0.717) is 23.2 Å². The molecule has 6 nitrogen and oxygen atoms in total. The maximum Gasteiger partial charge on any atom is 0.258 e. The number of hydrogen-bond acceptors (Lipinski definition) is 6. The van der Waals surface area contributed by atoms with Crippen LogP contribution in [0.3, 0.4) is 0 Å². The highest BCUT2D eigenvalue weighted by molar-refractivity contribution is 5.94. The van der Waals surface area contributed by atoms with E-state index in [1.165, 1.54) is 0 Å². The molecule has 136 valence electrons. The maximum absolute atomic E-state index is 5.75. The van der Waals surface area contributed by atoms with Crippen molar-refractivity contribution in [1.82, 2.24) is 15.1 Å². The van der Waals surface area contributed by atoms with Crippen molar-refractivity contribution in [3.8, 4) is 34.3 Å². The first-order chi connectivity index (χ1) is 13.2. The van der Waals surface area contributed by atoms with Crippen LogP contribution in [0.25, 0.3) is 33.6 Å². The summed E-state index contributed by atoms with van der Waals surface area (Å²) in [5.41, 5.74) is 1.67. The van der Waals surface area contributed by atoms with Crippen molar-refractivity contribution >= 4 is 10.8 Å². The van der Waals surface area contributed by atoms with Gasteiger partial charge < -0.3 is 14.0 Å². The summed E-state index contributed by atoms with van der Waals surface area (Å²) in [5, 5.41) is 6.21. The highest BCUT2D eigenvalue weighted by Gasteiger charge is 2.15. The minimum absolute atomic E-state index is 0.0561. The molecular formula is C21H19N3O3. The van der Waals surface area contributed by atoms with Crippen LogP contribution in [0.2, 0.25) is 0 Å². The van der Waals surface area contributed by atoms with Crippen LogP contribution in [0.5, 0.6) is 11.5 Å². The molecule has 0 aliphatic carbocycles. The van der Waals surface area contributed by atoms with Crippen molar-refractivity contribution in [3.63, 3.8) is 0 Å². The summed E-state index contributed by atoms with van der Waals surface area (Å²) in [5.74, 6) is 2.25. The summed E-state index contributed by atoms with van der Waals surface area (Å²) in [6.07, 6.45) is 3.63. The number of aromatic nitrogens is 3. The number of benzene rings is 2. The first-order valence-electron chi connectivity index (χ1n) is 8.67. The summed E-state index contributed by atoms with van der Waals surface area (Å²) in [7, 11) is 1.61. The number of pyridine rings is 1. The van der Waals surface area contributed by atoms with Gasteiger partial charge in [0.2, 0.25) is 5.82 Å². The fourth-order valence-electron chi connectivity index (χ4n) is 2.92. The molecular weight excluding hydrogens is 342 g/mol. The Hall–Kier alpha value is -3.41. The molecule has 0 spiro atoms.